The lowest BCUT2D eigenvalue weighted by molar-refractivity contribution is -0.600. The SMILES string of the molecule is C(/C=C/C=C/Nc1ccccc1)=Nc1ccccc1.C(/C=C/C=C/Nc1ccccc1)=Nc1ccccc1.Cl.Cl.Nc1ccccc1.O=[N+]([O-])c1ccc(-[n+]2ccccc2)c([N+](=O)[O-])c1.O=[N+]([O-])c1ccc(Cl)c([N+](=O)[O-])c1.[Cl-].c1ccncc1. The average Bonchev–Trinajstić information content (AvgIpc) is 3.68. The van der Waals surface area contributed by atoms with Gasteiger partial charge in [0.15, 0.2) is 12.4 Å². The fourth-order valence-corrected chi connectivity index (χ4v) is 6.24. The lowest BCUT2D eigenvalue weighted by Crippen LogP contribution is -3.00. The molecule has 0 spiro atoms. The summed E-state index contributed by atoms with van der Waals surface area (Å²) in [5, 5.41) is 48.3. The summed E-state index contributed by atoms with van der Waals surface area (Å²) in [5.41, 5.74) is 9.10. The average molecular weight is 1230 g/mol. The van der Waals surface area contributed by atoms with Crippen molar-refractivity contribution in [3.63, 3.8) is 0 Å². The van der Waals surface area contributed by atoms with Crippen LogP contribution in [-0.4, -0.2) is 37.1 Å². The van der Waals surface area contributed by atoms with Crippen LogP contribution in [0.2, 0.25) is 5.02 Å². The number of nitrogen functional groups attached to an aromatic ring is 1. The van der Waals surface area contributed by atoms with Gasteiger partial charge in [-0.1, -0.05) is 127 Å². The molecule has 23 heteroatoms. The zero-order valence-electron chi connectivity index (χ0n) is 44.9. The molecule has 0 aliphatic rings. The first-order chi connectivity index (χ1) is 39.9. The van der Waals surface area contributed by atoms with E-state index in [9.17, 15) is 40.5 Å². The Morgan fingerprint density at radius 1 is 0.447 bits per heavy atom. The number of halogens is 4. The van der Waals surface area contributed by atoms with Crippen molar-refractivity contribution >= 4 is 100 Å². The van der Waals surface area contributed by atoms with Crippen LogP contribution in [0.4, 0.5) is 51.2 Å². The first-order valence-electron chi connectivity index (χ1n) is 24.5. The van der Waals surface area contributed by atoms with Crippen molar-refractivity contribution in [1.29, 1.82) is 0 Å². The summed E-state index contributed by atoms with van der Waals surface area (Å²) >= 11 is 5.43. The van der Waals surface area contributed by atoms with Gasteiger partial charge in [0.05, 0.1) is 37.1 Å². The molecule has 0 bridgehead atoms. The minimum Gasteiger partial charge on any atom is -1.00 e. The Bertz CT molecular complexity index is 3380. The molecule has 0 saturated heterocycles. The number of benzene rings is 7. The summed E-state index contributed by atoms with van der Waals surface area (Å²) in [6.45, 7) is 0. The summed E-state index contributed by atoms with van der Waals surface area (Å²) in [4.78, 5) is 51.7. The van der Waals surface area contributed by atoms with E-state index >= 15 is 0 Å². The number of para-hydroxylation sites is 5. The van der Waals surface area contributed by atoms with Crippen molar-refractivity contribution in [3.05, 3.63) is 344 Å². The van der Waals surface area contributed by atoms with Crippen molar-refractivity contribution in [1.82, 2.24) is 4.98 Å². The molecule has 0 saturated carbocycles. The number of aliphatic imine (C=N–C) groups is 2. The van der Waals surface area contributed by atoms with Crippen molar-refractivity contribution in [2.24, 2.45) is 9.98 Å². The number of pyridine rings is 2. The second-order valence-corrected chi connectivity index (χ2v) is 16.2. The maximum Gasteiger partial charge on any atom is 0.347 e. The van der Waals surface area contributed by atoms with Crippen LogP contribution in [-0.2, 0) is 0 Å². The van der Waals surface area contributed by atoms with Crippen LogP contribution in [0.5, 0.6) is 0 Å². The first-order valence-corrected chi connectivity index (χ1v) is 24.9. The van der Waals surface area contributed by atoms with Gasteiger partial charge >= 0.3 is 5.69 Å². The molecule has 9 rings (SSSR count). The third-order valence-corrected chi connectivity index (χ3v) is 10.2. The fourth-order valence-electron chi connectivity index (χ4n) is 6.05. The molecule has 2 heterocycles. The summed E-state index contributed by atoms with van der Waals surface area (Å²) in [5.74, 6) is 0. The van der Waals surface area contributed by atoms with E-state index in [-0.39, 0.29) is 65.0 Å². The maximum absolute atomic E-state index is 10.9. The number of anilines is 3. The van der Waals surface area contributed by atoms with Gasteiger partial charge in [-0.15, -0.1) is 24.8 Å². The monoisotopic (exact) mass is 1220 g/mol. The molecule has 7 aromatic carbocycles. The highest BCUT2D eigenvalue weighted by Crippen LogP contribution is 2.28. The fraction of sp³-hybridized carbons (Fsp3) is 0. The summed E-state index contributed by atoms with van der Waals surface area (Å²) in [6, 6.07) is 66.8. The van der Waals surface area contributed by atoms with Crippen LogP contribution in [0.25, 0.3) is 5.69 Å². The van der Waals surface area contributed by atoms with Crippen molar-refractivity contribution in [2.45, 2.75) is 0 Å². The second-order valence-electron chi connectivity index (χ2n) is 15.8. The molecular weight excluding hydrogens is 1170 g/mol. The van der Waals surface area contributed by atoms with Crippen molar-refractivity contribution in [3.8, 4) is 5.69 Å². The number of non-ortho nitro benzene ring substituents is 2. The molecule has 9 aromatic rings. The molecule has 4 N–H and O–H groups in total. The molecule has 0 aliphatic carbocycles. The highest BCUT2D eigenvalue weighted by Gasteiger charge is 2.25. The minimum atomic E-state index is -0.769. The van der Waals surface area contributed by atoms with Crippen molar-refractivity contribution < 1.29 is 36.7 Å². The number of nitro benzene ring substituents is 4. The quantitative estimate of drug-likeness (QED) is 0.0216. The van der Waals surface area contributed by atoms with Crippen LogP contribution in [0, 0.1) is 40.5 Å². The van der Waals surface area contributed by atoms with Gasteiger partial charge in [0.25, 0.3) is 22.7 Å². The van der Waals surface area contributed by atoms with E-state index < -0.39 is 25.4 Å². The predicted octanol–water partition coefficient (Wildman–Crippen LogP) is 13.3. The molecule has 436 valence electrons. The van der Waals surface area contributed by atoms with E-state index in [1.165, 1.54) is 16.7 Å². The van der Waals surface area contributed by atoms with Gasteiger partial charge in [-0.25, -0.2) is 0 Å². The van der Waals surface area contributed by atoms with Gasteiger partial charge in [-0.2, -0.15) is 4.57 Å². The number of allylic oxidation sites excluding steroid dienone is 6. The Kier molecular flexibility index (Phi) is 37.4. The molecule has 2 aromatic heterocycles. The molecule has 19 nitrogen and oxygen atoms in total. The number of nitrogens with two attached hydrogens (primary N) is 1. The number of hydrogen-bond acceptors (Lipinski definition) is 14. The van der Waals surface area contributed by atoms with Gasteiger partial charge in [0, 0.05) is 84.6 Å². The van der Waals surface area contributed by atoms with Crippen LogP contribution < -0.4 is 33.3 Å². The topological polar surface area (TPSA) is 264 Å². The Labute approximate surface area is 514 Å². The lowest BCUT2D eigenvalue weighted by atomic mass is 10.2. The molecule has 0 fully saturated rings. The van der Waals surface area contributed by atoms with Gasteiger partial charge in [-0.3, -0.25) is 55.4 Å². The molecule has 0 aliphatic heterocycles. The zero-order chi connectivity index (χ0) is 58.8. The molecule has 0 unspecified atom stereocenters. The molecule has 0 amide bonds. The highest BCUT2D eigenvalue weighted by molar-refractivity contribution is 6.32. The molecular formula is C62H57Cl4N11O8. The molecule has 85 heavy (non-hydrogen) atoms. The summed E-state index contributed by atoms with van der Waals surface area (Å²) in [6.07, 6.45) is 25.6. The predicted molar refractivity (Wildman–Crippen MR) is 342 cm³/mol. The Morgan fingerprint density at radius 3 is 1.19 bits per heavy atom. The molecule has 0 radical (unpaired) electrons. The number of rotatable bonds is 15. The van der Waals surface area contributed by atoms with E-state index in [1.807, 2.05) is 219 Å². The van der Waals surface area contributed by atoms with Crippen LogP contribution in [0.1, 0.15) is 0 Å². The van der Waals surface area contributed by atoms with Gasteiger partial charge in [-0.05, 0) is 103 Å². The first kappa shape index (κ1) is 72.3. The Morgan fingerprint density at radius 2 is 0.824 bits per heavy atom. The van der Waals surface area contributed by atoms with Crippen LogP contribution in [0.3, 0.4) is 0 Å². The van der Waals surface area contributed by atoms with E-state index in [0.717, 1.165) is 52.7 Å². The zero-order valence-corrected chi connectivity index (χ0v) is 48.1. The normalized spacial score (nSPS) is 10.0. The Balaban J connectivity index is 0.000000525. The second kappa shape index (κ2) is 44.0. The number of nitrogens with zero attached hydrogens (tertiary/aromatic N) is 8. The molecule has 0 atom stereocenters. The minimum absolute atomic E-state index is 0. The highest BCUT2D eigenvalue weighted by atomic mass is 35.5. The van der Waals surface area contributed by atoms with E-state index in [2.05, 4.69) is 25.6 Å². The van der Waals surface area contributed by atoms with Gasteiger partial charge < -0.3 is 28.8 Å². The van der Waals surface area contributed by atoms with Gasteiger partial charge in [0.2, 0.25) is 0 Å². The van der Waals surface area contributed by atoms with E-state index in [1.54, 1.807) is 55.4 Å². The smallest absolute Gasteiger partial charge is 0.347 e. The van der Waals surface area contributed by atoms with E-state index in [0.29, 0.717) is 0 Å². The number of hydrogen-bond donors (Lipinski definition) is 3. The standard InChI is InChI=1S/2C17H16N2.C11H8N3O4.C6H3ClN2O4.C6H7N.C5H5N.3ClH/c2*1-4-10-16(11-5-1)18-14-8-3-9-15-19-17-12-6-2-7-13-17;15-13(16)9-4-5-10(11(8-9)14(17)18)12-6-2-1-3-7-12;7-5-2-1-4(8(10)11)3-6(5)9(12)13;7-6-4-2-1-3-5-6;1-2-4-6-5-3-1;;;/h2*1-15,18H;1-8H;1-3H;1-5H,7H2;1-5H;3*1H/q;;+1;;;;;;/p-1/b2*9-3+,14-8+,19-15?;;;;;;;. The van der Waals surface area contributed by atoms with Crippen LogP contribution in [0.15, 0.2) is 308 Å². The number of aromatic nitrogens is 2. The largest absolute Gasteiger partial charge is 1.00 e. The third-order valence-electron chi connectivity index (χ3n) is 9.88. The Hall–Kier alpha value is -10.7. The van der Waals surface area contributed by atoms with E-state index in [4.69, 9.17) is 17.3 Å². The van der Waals surface area contributed by atoms with Crippen molar-refractivity contribution in [2.75, 3.05) is 16.4 Å². The maximum atomic E-state index is 10.9. The summed E-state index contributed by atoms with van der Waals surface area (Å²) in [7, 11) is 0. The lowest BCUT2D eigenvalue weighted by Gasteiger charge is -1.97. The summed E-state index contributed by atoms with van der Waals surface area (Å²) < 4.78 is 1.53. The number of nitrogens with one attached hydrogen (secondary N) is 2. The van der Waals surface area contributed by atoms with Gasteiger partial charge in [0.1, 0.15) is 11.1 Å². The third kappa shape index (κ3) is 31.2. The number of nitro groups is 4. The van der Waals surface area contributed by atoms with Crippen LogP contribution >= 0.6 is 36.4 Å².